The number of allylic oxidation sites excluding steroid dienone is 4. The molecule has 3 N–H and O–H groups in total. The van der Waals surface area contributed by atoms with Gasteiger partial charge in [0.2, 0.25) is 0 Å². The number of carbonyl (C=O) groups is 3. The highest BCUT2D eigenvalue weighted by Crippen LogP contribution is 2.35. The number of rotatable bonds is 12. The highest BCUT2D eigenvalue weighted by molar-refractivity contribution is 14.1. The largest absolute Gasteiger partial charge is 0.484 e. The Morgan fingerprint density at radius 3 is 2.44 bits per heavy atom. The zero-order valence-electron chi connectivity index (χ0n) is 23.5. The van der Waals surface area contributed by atoms with Crippen molar-refractivity contribution in [3.8, 4) is 5.75 Å². The van der Waals surface area contributed by atoms with Crippen LogP contribution in [0, 0.1) is 0 Å². The Hall–Kier alpha value is -3.88. The lowest BCUT2D eigenvalue weighted by Gasteiger charge is -2.30. The molecule has 43 heavy (non-hydrogen) atoms. The van der Waals surface area contributed by atoms with Crippen LogP contribution in [0.1, 0.15) is 36.4 Å². The summed E-state index contributed by atoms with van der Waals surface area (Å²) in [5, 5.41) is 21.1. The van der Waals surface area contributed by atoms with Gasteiger partial charge in [0.15, 0.2) is 12.4 Å². The van der Waals surface area contributed by atoms with Crippen molar-refractivity contribution in [1.29, 1.82) is 0 Å². The number of ether oxygens (including phenoxy) is 1. The SMILES string of the molecule is C[C@H](c1ccccc1)[C@@H](C1=NC2=CC=C(I)CC2=N1)N1C(=O)N[C@H](c2ccc(OCC(=O)N(CCO)CCO)cc2)C1=O. The number of urea groups is 1. The standard InChI is InChI=1S/C31H32IN5O6/c1-19(20-5-3-2-4-6-20)28(29-33-24-12-9-22(32)17-25(24)34-29)37-30(41)27(35-31(37)42)21-7-10-23(11-8-21)43-18-26(40)36(13-15-38)14-16-39/h2-12,19,27-28,38-39H,13-18H2,1H3,(H,35,42)/t19-,27-,28+/m1/s1. The van der Waals surface area contributed by atoms with E-state index < -0.39 is 24.0 Å². The Morgan fingerprint density at radius 2 is 1.77 bits per heavy atom. The van der Waals surface area contributed by atoms with Crippen molar-refractivity contribution in [2.24, 2.45) is 9.98 Å². The second kappa shape index (κ2) is 13.6. The molecule has 2 heterocycles. The lowest BCUT2D eigenvalue weighted by Crippen LogP contribution is -2.47. The van der Waals surface area contributed by atoms with Gasteiger partial charge in [0.25, 0.3) is 11.8 Å². The number of hydrogen-bond acceptors (Lipinski definition) is 8. The normalized spacial score (nSPS) is 19.1. The van der Waals surface area contributed by atoms with E-state index in [1.165, 1.54) is 9.80 Å². The van der Waals surface area contributed by atoms with E-state index in [0.717, 1.165) is 20.6 Å². The van der Waals surface area contributed by atoms with E-state index in [1.54, 1.807) is 24.3 Å². The average Bonchev–Trinajstić information content (AvgIpc) is 3.56. The van der Waals surface area contributed by atoms with Crippen LogP contribution in [0.2, 0.25) is 0 Å². The van der Waals surface area contributed by atoms with Crippen molar-refractivity contribution in [2.45, 2.75) is 31.3 Å². The maximum atomic E-state index is 13.9. The van der Waals surface area contributed by atoms with Crippen molar-refractivity contribution >= 4 is 52.0 Å². The van der Waals surface area contributed by atoms with Crippen LogP contribution < -0.4 is 10.1 Å². The van der Waals surface area contributed by atoms with E-state index >= 15 is 0 Å². The molecular formula is C31H32IN5O6. The summed E-state index contributed by atoms with van der Waals surface area (Å²) >= 11 is 2.26. The number of aliphatic imine (C=N–C) groups is 2. The molecule has 1 aliphatic carbocycles. The Labute approximate surface area is 262 Å². The second-order valence-electron chi connectivity index (χ2n) is 10.3. The minimum atomic E-state index is -0.919. The molecule has 2 aliphatic heterocycles. The number of fused-ring (bicyclic) bond motifs is 1. The third-order valence-electron chi connectivity index (χ3n) is 7.52. The monoisotopic (exact) mass is 697 g/mol. The van der Waals surface area contributed by atoms with Crippen molar-refractivity contribution in [1.82, 2.24) is 15.1 Å². The number of aliphatic hydroxyl groups excluding tert-OH is 2. The number of carbonyl (C=O) groups excluding carboxylic acids is 3. The number of amides is 4. The predicted molar refractivity (Wildman–Crippen MR) is 169 cm³/mol. The molecule has 0 saturated carbocycles. The molecule has 224 valence electrons. The first kappa shape index (κ1) is 30.6. The second-order valence-corrected chi connectivity index (χ2v) is 11.7. The Bertz CT molecular complexity index is 1500. The van der Waals surface area contributed by atoms with Crippen LogP contribution in [-0.4, -0.2) is 88.4 Å². The Morgan fingerprint density at radius 1 is 1.07 bits per heavy atom. The lowest BCUT2D eigenvalue weighted by atomic mass is 9.91. The molecule has 4 amide bonds. The number of nitrogens with zero attached hydrogens (tertiary/aromatic N) is 4. The molecule has 12 heteroatoms. The maximum Gasteiger partial charge on any atom is 0.325 e. The third kappa shape index (κ3) is 6.71. The minimum absolute atomic E-state index is 0.0956. The lowest BCUT2D eigenvalue weighted by molar-refractivity contribution is -0.134. The van der Waals surface area contributed by atoms with Crippen molar-refractivity contribution in [3.05, 3.63) is 87.2 Å². The van der Waals surface area contributed by atoms with Crippen molar-refractivity contribution in [3.63, 3.8) is 0 Å². The van der Waals surface area contributed by atoms with Crippen LogP contribution in [0.25, 0.3) is 0 Å². The molecule has 1 saturated heterocycles. The van der Waals surface area contributed by atoms with Gasteiger partial charge in [-0.1, -0.05) is 55.5 Å². The van der Waals surface area contributed by atoms with Gasteiger partial charge >= 0.3 is 6.03 Å². The maximum absolute atomic E-state index is 13.9. The molecule has 0 spiro atoms. The van der Waals surface area contributed by atoms with Crippen molar-refractivity contribution in [2.75, 3.05) is 32.9 Å². The highest BCUT2D eigenvalue weighted by Gasteiger charge is 2.47. The Kier molecular flexibility index (Phi) is 9.68. The molecule has 0 bridgehead atoms. The summed E-state index contributed by atoms with van der Waals surface area (Å²) in [6.07, 6.45) is 4.55. The summed E-state index contributed by atoms with van der Waals surface area (Å²) in [4.78, 5) is 51.8. The molecule has 3 aliphatic rings. The predicted octanol–water partition coefficient (Wildman–Crippen LogP) is 3.10. The van der Waals surface area contributed by atoms with Gasteiger partial charge in [-0.25, -0.2) is 14.8 Å². The van der Waals surface area contributed by atoms with Gasteiger partial charge in [0.05, 0.1) is 24.6 Å². The molecule has 1 fully saturated rings. The highest BCUT2D eigenvalue weighted by atomic mass is 127. The quantitative estimate of drug-likeness (QED) is 0.230. The zero-order valence-corrected chi connectivity index (χ0v) is 25.7. The summed E-state index contributed by atoms with van der Waals surface area (Å²) < 4.78 is 6.72. The van der Waals surface area contributed by atoms with Crippen molar-refractivity contribution < 1.29 is 29.3 Å². The number of hydrogen-bond donors (Lipinski definition) is 3. The van der Waals surface area contributed by atoms with Crippen LogP contribution in [-0.2, 0) is 9.59 Å². The first-order chi connectivity index (χ1) is 20.8. The van der Waals surface area contributed by atoms with Gasteiger partial charge in [0.1, 0.15) is 17.8 Å². The van der Waals surface area contributed by atoms with E-state index in [2.05, 4.69) is 27.9 Å². The number of imide groups is 1. The Balaban J connectivity index is 1.35. The summed E-state index contributed by atoms with van der Waals surface area (Å²) in [6, 6.07) is 14.1. The summed E-state index contributed by atoms with van der Waals surface area (Å²) in [6.45, 7) is 1.43. The van der Waals surface area contributed by atoms with Gasteiger partial charge < -0.3 is 25.2 Å². The van der Waals surface area contributed by atoms with Crippen LogP contribution in [0.4, 0.5) is 4.79 Å². The van der Waals surface area contributed by atoms with E-state index in [0.29, 0.717) is 23.6 Å². The average molecular weight is 698 g/mol. The molecule has 11 nitrogen and oxygen atoms in total. The van der Waals surface area contributed by atoms with Crippen LogP contribution in [0.5, 0.6) is 5.75 Å². The van der Waals surface area contributed by atoms with E-state index in [4.69, 9.17) is 24.9 Å². The summed E-state index contributed by atoms with van der Waals surface area (Å²) in [7, 11) is 0. The molecule has 5 rings (SSSR count). The zero-order chi connectivity index (χ0) is 30.5. The number of benzene rings is 2. The number of halogens is 1. The molecule has 0 aromatic heterocycles. The molecular weight excluding hydrogens is 665 g/mol. The number of nitrogens with one attached hydrogen (secondary N) is 1. The van der Waals surface area contributed by atoms with Gasteiger partial charge in [-0.15, -0.1) is 0 Å². The smallest absolute Gasteiger partial charge is 0.325 e. The molecule has 3 atom stereocenters. The fraction of sp³-hybridized carbons (Fsp3) is 0.323. The summed E-state index contributed by atoms with van der Waals surface area (Å²) in [5.74, 6) is -0.255. The first-order valence-electron chi connectivity index (χ1n) is 13.9. The molecule has 0 radical (unpaired) electrons. The molecule has 2 aromatic carbocycles. The molecule has 0 unspecified atom stereocenters. The van der Waals surface area contributed by atoms with Crippen LogP contribution in [0.15, 0.2) is 86.0 Å². The van der Waals surface area contributed by atoms with Gasteiger partial charge in [-0.05, 0) is 55.5 Å². The van der Waals surface area contributed by atoms with Gasteiger partial charge in [-0.2, -0.15) is 0 Å². The van der Waals surface area contributed by atoms with E-state index in [9.17, 15) is 14.4 Å². The fourth-order valence-corrected chi connectivity index (χ4v) is 5.81. The first-order valence-corrected chi connectivity index (χ1v) is 15.0. The van der Waals surface area contributed by atoms with Crippen LogP contribution in [0.3, 0.4) is 0 Å². The van der Waals surface area contributed by atoms with Gasteiger partial charge in [-0.3, -0.25) is 14.5 Å². The minimum Gasteiger partial charge on any atom is -0.484 e. The third-order valence-corrected chi connectivity index (χ3v) is 8.26. The molecule has 2 aromatic rings. The topological polar surface area (TPSA) is 144 Å². The summed E-state index contributed by atoms with van der Waals surface area (Å²) in [5.41, 5.74) is 3.07. The van der Waals surface area contributed by atoms with E-state index in [1.807, 2.05) is 49.4 Å². The fourth-order valence-electron chi connectivity index (χ4n) is 5.27. The van der Waals surface area contributed by atoms with Gasteiger partial charge in [0, 0.05) is 25.4 Å². The van der Waals surface area contributed by atoms with Crippen LogP contribution >= 0.6 is 22.6 Å². The number of amidine groups is 1. The van der Waals surface area contributed by atoms with E-state index in [-0.39, 0.29) is 44.7 Å². The number of aliphatic hydroxyl groups is 2.